The van der Waals surface area contributed by atoms with Crippen LogP contribution in [0.1, 0.15) is 29.7 Å². The molecule has 1 aliphatic heterocycles. The van der Waals surface area contributed by atoms with E-state index in [1.54, 1.807) is 0 Å². The second kappa shape index (κ2) is 7.87. The molecule has 3 rings (SSSR count). The van der Waals surface area contributed by atoms with Crippen LogP contribution in [0.2, 0.25) is 5.02 Å². The summed E-state index contributed by atoms with van der Waals surface area (Å²) in [5.74, 6) is 1.87. The molecule has 1 heterocycles. The van der Waals surface area contributed by atoms with Crippen molar-refractivity contribution in [1.82, 2.24) is 5.32 Å². The maximum atomic E-state index is 12.2. The molecule has 2 aromatic rings. The summed E-state index contributed by atoms with van der Waals surface area (Å²) >= 11 is 6.15. The van der Waals surface area contributed by atoms with Gasteiger partial charge in [-0.05, 0) is 61.7 Å². The molecule has 1 N–H and O–H groups in total. The van der Waals surface area contributed by atoms with Gasteiger partial charge in [0.25, 0.3) is 5.91 Å². The number of hydrogen-bond acceptors (Lipinski definition) is 4. The van der Waals surface area contributed by atoms with Gasteiger partial charge in [0.05, 0.1) is 6.04 Å². The Hall–Kier alpha value is -2.40. The number of ether oxygens (including phenoxy) is 3. The van der Waals surface area contributed by atoms with E-state index in [2.05, 4.69) is 5.32 Å². The number of carbonyl (C=O) groups excluding carboxylic acids is 1. The third kappa shape index (κ3) is 4.22. The van der Waals surface area contributed by atoms with E-state index in [1.807, 2.05) is 51.1 Å². The second-order valence-corrected chi connectivity index (χ2v) is 6.73. The number of nitrogens with one attached hydrogen (secondary N) is 1. The molecular weight excluding hydrogens is 354 g/mol. The Kier molecular flexibility index (Phi) is 5.57. The lowest BCUT2D eigenvalue weighted by atomic mass is 10.1. The van der Waals surface area contributed by atoms with Gasteiger partial charge in [-0.3, -0.25) is 4.79 Å². The van der Waals surface area contributed by atoms with Gasteiger partial charge >= 0.3 is 0 Å². The first-order chi connectivity index (χ1) is 12.4. The summed E-state index contributed by atoms with van der Waals surface area (Å²) in [5.41, 5.74) is 2.79. The van der Waals surface area contributed by atoms with Crippen molar-refractivity contribution >= 4 is 17.5 Å². The summed E-state index contributed by atoms with van der Waals surface area (Å²) in [4.78, 5) is 12.2. The van der Waals surface area contributed by atoms with E-state index in [9.17, 15) is 4.79 Å². The van der Waals surface area contributed by atoms with Crippen LogP contribution in [0.5, 0.6) is 17.2 Å². The zero-order valence-electron chi connectivity index (χ0n) is 15.1. The van der Waals surface area contributed by atoms with Crippen LogP contribution in [0.25, 0.3) is 0 Å². The zero-order valence-corrected chi connectivity index (χ0v) is 15.9. The Morgan fingerprint density at radius 1 is 1.15 bits per heavy atom. The minimum absolute atomic E-state index is 0.0601. The average Bonchev–Trinajstić information content (AvgIpc) is 2.63. The highest BCUT2D eigenvalue weighted by Gasteiger charge is 2.16. The van der Waals surface area contributed by atoms with Crippen LogP contribution in [0.4, 0.5) is 0 Å². The van der Waals surface area contributed by atoms with Crippen LogP contribution >= 0.6 is 11.6 Å². The van der Waals surface area contributed by atoms with Crippen molar-refractivity contribution in [2.45, 2.75) is 26.8 Å². The SMILES string of the molecule is Cc1cc(OCC(=O)N[C@@H](C)c2ccc3c(c2)OCCO3)cc(C)c1Cl. The normalized spacial score (nSPS) is 13.8. The minimum Gasteiger partial charge on any atom is -0.486 e. The number of halogens is 1. The van der Waals surface area contributed by atoms with Crippen LogP contribution in [0.15, 0.2) is 30.3 Å². The van der Waals surface area contributed by atoms with Crippen LogP contribution in [0.3, 0.4) is 0 Å². The molecule has 5 nitrogen and oxygen atoms in total. The number of benzene rings is 2. The van der Waals surface area contributed by atoms with Crippen molar-refractivity contribution in [3.8, 4) is 17.2 Å². The average molecular weight is 376 g/mol. The summed E-state index contributed by atoms with van der Waals surface area (Å²) in [6, 6.07) is 9.16. The molecule has 0 aromatic heterocycles. The van der Waals surface area contributed by atoms with E-state index in [0.29, 0.717) is 29.7 Å². The number of rotatable bonds is 5. The third-order valence-corrected chi connectivity index (χ3v) is 4.82. The molecule has 0 radical (unpaired) electrons. The van der Waals surface area contributed by atoms with E-state index in [0.717, 1.165) is 22.4 Å². The first-order valence-electron chi connectivity index (χ1n) is 8.52. The molecule has 138 valence electrons. The zero-order chi connectivity index (χ0) is 18.7. The van der Waals surface area contributed by atoms with Gasteiger partial charge in [0.15, 0.2) is 18.1 Å². The second-order valence-electron chi connectivity index (χ2n) is 6.35. The maximum absolute atomic E-state index is 12.2. The van der Waals surface area contributed by atoms with Gasteiger partial charge in [-0.25, -0.2) is 0 Å². The molecular formula is C20H22ClNO4. The van der Waals surface area contributed by atoms with Crippen LogP contribution in [-0.2, 0) is 4.79 Å². The van der Waals surface area contributed by atoms with E-state index < -0.39 is 0 Å². The number of aryl methyl sites for hydroxylation is 2. The van der Waals surface area contributed by atoms with Crippen molar-refractivity contribution in [2.75, 3.05) is 19.8 Å². The monoisotopic (exact) mass is 375 g/mol. The fourth-order valence-corrected chi connectivity index (χ4v) is 2.94. The van der Waals surface area contributed by atoms with Crippen molar-refractivity contribution in [3.63, 3.8) is 0 Å². The first kappa shape index (κ1) is 18.4. The molecule has 0 unspecified atom stereocenters. The molecule has 0 fully saturated rings. The fraction of sp³-hybridized carbons (Fsp3) is 0.350. The fourth-order valence-electron chi connectivity index (χ4n) is 2.83. The molecule has 0 bridgehead atoms. The Morgan fingerprint density at radius 3 is 2.50 bits per heavy atom. The molecule has 1 atom stereocenters. The van der Waals surface area contributed by atoms with Crippen molar-refractivity contribution in [3.05, 3.63) is 52.0 Å². The van der Waals surface area contributed by atoms with E-state index in [1.165, 1.54) is 0 Å². The molecule has 26 heavy (non-hydrogen) atoms. The lowest BCUT2D eigenvalue weighted by molar-refractivity contribution is -0.123. The predicted molar refractivity (Wildman–Crippen MR) is 100 cm³/mol. The van der Waals surface area contributed by atoms with Gasteiger partial charge < -0.3 is 19.5 Å². The van der Waals surface area contributed by atoms with Crippen LogP contribution in [-0.4, -0.2) is 25.7 Å². The van der Waals surface area contributed by atoms with Gasteiger partial charge in [0.2, 0.25) is 0 Å². The number of carbonyl (C=O) groups is 1. The highest BCUT2D eigenvalue weighted by Crippen LogP contribution is 2.32. The molecule has 6 heteroatoms. The van der Waals surface area contributed by atoms with Gasteiger partial charge in [0.1, 0.15) is 19.0 Å². The minimum atomic E-state index is -0.197. The first-order valence-corrected chi connectivity index (χ1v) is 8.90. The Labute approximate surface area is 158 Å². The topological polar surface area (TPSA) is 56.8 Å². The predicted octanol–water partition coefficient (Wildman–Crippen LogP) is 3.98. The van der Waals surface area contributed by atoms with E-state index in [-0.39, 0.29) is 18.6 Å². The molecule has 1 amide bonds. The highest BCUT2D eigenvalue weighted by atomic mass is 35.5. The lowest BCUT2D eigenvalue weighted by Gasteiger charge is -2.21. The molecule has 0 spiro atoms. The largest absolute Gasteiger partial charge is 0.486 e. The molecule has 0 aliphatic carbocycles. The summed E-state index contributed by atoms with van der Waals surface area (Å²) in [7, 11) is 0. The van der Waals surface area contributed by atoms with Crippen molar-refractivity contribution in [1.29, 1.82) is 0 Å². The van der Waals surface area contributed by atoms with E-state index in [4.69, 9.17) is 25.8 Å². The Bertz CT molecular complexity index is 798. The highest BCUT2D eigenvalue weighted by molar-refractivity contribution is 6.32. The number of amides is 1. The van der Waals surface area contributed by atoms with Gasteiger partial charge in [-0.1, -0.05) is 17.7 Å². The van der Waals surface area contributed by atoms with Gasteiger partial charge in [-0.2, -0.15) is 0 Å². The summed E-state index contributed by atoms with van der Waals surface area (Å²) in [5, 5.41) is 3.64. The standard InChI is InChI=1S/C20H22ClNO4/c1-12-8-16(9-13(2)20(12)21)26-11-19(23)22-14(3)15-4-5-17-18(10-15)25-7-6-24-17/h4-5,8-10,14H,6-7,11H2,1-3H3,(H,22,23)/t14-/m0/s1. The molecule has 1 aliphatic rings. The summed E-state index contributed by atoms with van der Waals surface area (Å²) < 4.78 is 16.7. The lowest BCUT2D eigenvalue weighted by Crippen LogP contribution is -2.31. The van der Waals surface area contributed by atoms with Gasteiger partial charge in [0, 0.05) is 5.02 Å². The quantitative estimate of drug-likeness (QED) is 0.858. The molecule has 0 saturated carbocycles. The van der Waals surface area contributed by atoms with Crippen LogP contribution in [0, 0.1) is 13.8 Å². The van der Waals surface area contributed by atoms with Crippen LogP contribution < -0.4 is 19.5 Å². The maximum Gasteiger partial charge on any atom is 0.258 e. The summed E-state index contributed by atoms with van der Waals surface area (Å²) in [6.45, 7) is 6.76. The number of fused-ring (bicyclic) bond motifs is 1. The van der Waals surface area contributed by atoms with Gasteiger partial charge in [-0.15, -0.1) is 0 Å². The molecule has 0 saturated heterocycles. The Morgan fingerprint density at radius 2 is 1.81 bits per heavy atom. The smallest absolute Gasteiger partial charge is 0.258 e. The van der Waals surface area contributed by atoms with Crippen molar-refractivity contribution in [2.24, 2.45) is 0 Å². The summed E-state index contributed by atoms with van der Waals surface area (Å²) in [6.07, 6.45) is 0. The van der Waals surface area contributed by atoms with Crippen molar-refractivity contribution < 1.29 is 19.0 Å². The van der Waals surface area contributed by atoms with E-state index >= 15 is 0 Å². The third-order valence-electron chi connectivity index (χ3n) is 4.22. The number of hydrogen-bond donors (Lipinski definition) is 1. The molecule has 2 aromatic carbocycles. The Balaban J connectivity index is 1.58.